The molecule has 6 nitrogen and oxygen atoms in total. The molecule has 0 atom stereocenters. The smallest absolute Gasteiger partial charge is 0.264 e. The fourth-order valence-electron chi connectivity index (χ4n) is 2.56. The van der Waals surface area contributed by atoms with Gasteiger partial charge in [-0.25, -0.2) is 8.42 Å². The summed E-state index contributed by atoms with van der Waals surface area (Å²) >= 11 is 5.49. The minimum atomic E-state index is -4.01. The molecule has 0 saturated carbocycles. The zero-order chi connectivity index (χ0) is 19.5. The maximum Gasteiger partial charge on any atom is 0.264 e. The van der Waals surface area contributed by atoms with Gasteiger partial charge < -0.3 is 5.32 Å². The Balaban J connectivity index is 2.48. The van der Waals surface area contributed by atoms with Gasteiger partial charge in [0.25, 0.3) is 10.0 Å². The third-order valence-electron chi connectivity index (χ3n) is 3.53. The van der Waals surface area contributed by atoms with Gasteiger partial charge in [-0.3, -0.25) is 13.9 Å². The van der Waals surface area contributed by atoms with Crippen LogP contribution in [0.15, 0.2) is 47.4 Å². The number of amides is 1. The molecule has 1 N–H and O–H groups in total. The van der Waals surface area contributed by atoms with Crippen LogP contribution in [0.4, 0.5) is 11.4 Å². The van der Waals surface area contributed by atoms with Gasteiger partial charge in [-0.1, -0.05) is 6.07 Å². The second-order valence-corrected chi connectivity index (χ2v) is 8.20. The van der Waals surface area contributed by atoms with Gasteiger partial charge in [0.2, 0.25) is 11.1 Å². The van der Waals surface area contributed by atoms with Crippen LogP contribution in [0.25, 0.3) is 0 Å². The summed E-state index contributed by atoms with van der Waals surface area (Å²) in [5, 5.41) is 1.78. The monoisotopic (exact) mass is 394 g/mol. The lowest BCUT2D eigenvalue weighted by Gasteiger charge is -2.24. The van der Waals surface area contributed by atoms with Crippen LogP contribution in [-0.4, -0.2) is 26.1 Å². The Morgan fingerprint density at radius 1 is 1.04 bits per heavy atom. The largest absolute Gasteiger partial charge is 0.326 e. The van der Waals surface area contributed by atoms with E-state index in [-0.39, 0.29) is 10.8 Å². The number of nitrogens with zero attached hydrogens (tertiary/aromatic N) is 1. The molecule has 0 spiro atoms. The molecule has 2 rings (SSSR count). The summed E-state index contributed by atoms with van der Waals surface area (Å²) in [7, 11) is -4.01. The zero-order valence-electron chi connectivity index (χ0n) is 14.6. The molecule has 0 aliphatic heterocycles. The molecule has 0 bridgehead atoms. The van der Waals surface area contributed by atoms with E-state index in [0.29, 0.717) is 11.4 Å². The molecule has 138 valence electrons. The first-order valence-electron chi connectivity index (χ1n) is 7.76. The van der Waals surface area contributed by atoms with Crippen molar-refractivity contribution in [2.45, 2.75) is 25.7 Å². The number of aryl methyl sites for hydroxylation is 2. The Labute approximate surface area is 157 Å². The maximum absolute atomic E-state index is 13.1. The third kappa shape index (κ3) is 4.83. The number of nitrogens with one attached hydrogen (secondary N) is 1. The molecule has 0 aromatic heterocycles. The summed E-state index contributed by atoms with van der Waals surface area (Å²) in [4.78, 5) is 22.5. The first-order valence-corrected chi connectivity index (χ1v) is 9.58. The van der Waals surface area contributed by atoms with Crippen molar-refractivity contribution in [1.82, 2.24) is 0 Å². The van der Waals surface area contributed by atoms with Gasteiger partial charge >= 0.3 is 0 Å². The van der Waals surface area contributed by atoms with Gasteiger partial charge in [-0.2, -0.15) is 0 Å². The number of carbonyl (C=O) groups is 2. The van der Waals surface area contributed by atoms with Crippen LogP contribution in [0.2, 0.25) is 0 Å². The van der Waals surface area contributed by atoms with E-state index in [0.717, 1.165) is 15.4 Å². The average Bonchev–Trinajstić information content (AvgIpc) is 2.51. The molecule has 0 fully saturated rings. The van der Waals surface area contributed by atoms with Crippen molar-refractivity contribution in [1.29, 1.82) is 0 Å². The molecule has 0 radical (unpaired) electrons. The lowest BCUT2D eigenvalue weighted by Crippen LogP contribution is -2.34. The molecule has 0 aliphatic carbocycles. The molecule has 1 amide bonds. The Bertz CT molecular complexity index is 920. The van der Waals surface area contributed by atoms with E-state index in [4.69, 9.17) is 11.6 Å². The average molecular weight is 395 g/mol. The first-order chi connectivity index (χ1) is 12.1. The molecule has 26 heavy (non-hydrogen) atoms. The normalized spacial score (nSPS) is 11.1. The molecule has 0 saturated heterocycles. The Kier molecular flexibility index (Phi) is 6.05. The number of halogens is 1. The zero-order valence-corrected chi connectivity index (χ0v) is 16.2. The van der Waals surface area contributed by atoms with E-state index < -0.39 is 21.8 Å². The van der Waals surface area contributed by atoms with Crippen molar-refractivity contribution in [3.63, 3.8) is 0 Å². The van der Waals surface area contributed by atoms with Crippen molar-refractivity contribution in [2.24, 2.45) is 0 Å². The fourth-order valence-corrected chi connectivity index (χ4v) is 4.16. The number of benzene rings is 2. The van der Waals surface area contributed by atoms with E-state index in [1.807, 2.05) is 19.9 Å². The van der Waals surface area contributed by atoms with Crippen LogP contribution in [0.5, 0.6) is 0 Å². The summed E-state index contributed by atoms with van der Waals surface area (Å²) in [6.07, 6.45) is 0. The Morgan fingerprint density at radius 3 is 2.04 bits per heavy atom. The highest BCUT2D eigenvalue weighted by Crippen LogP contribution is 2.26. The van der Waals surface area contributed by atoms with Crippen LogP contribution >= 0.6 is 11.6 Å². The maximum atomic E-state index is 13.1. The second kappa shape index (κ2) is 7.88. The lowest BCUT2D eigenvalue weighted by atomic mass is 10.1. The standard InChI is InChI=1S/C18H19ClN2O4S/c1-12-8-13(2)10-16(9-12)21(11-18(19)23)26(24,25)17-6-4-15(5-7-17)20-14(3)22/h4-10H,11H2,1-3H3,(H,20,22). The molecular weight excluding hydrogens is 376 g/mol. The Hall–Kier alpha value is -2.38. The minimum Gasteiger partial charge on any atom is -0.326 e. The number of hydrogen-bond acceptors (Lipinski definition) is 4. The first kappa shape index (κ1) is 19.9. The van der Waals surface area contributed by atoms with E-state index in [9.17, 15) is 18.0 Å². The lowest BCUT2D eigenvalue weighted by molar-refractivity contribution is -0.114. The second-order valence-electron chi connectivity index (χ2n) is 5.92. The molecule has 8 heteroatoms. The predicted molar refractivity (Wildman–Crippen MR) is 102 cm³/mol. The third-order valence-corrected chi connectivity index (χ3v) is 5.43. The van der Waals surface area contributed by atoms with Crippen molar-refractivity contribution >= 4 is 44.1 Å². The predicted octanol–water partition coefficient (Wildman–Crippen LogP) is 3.22. The highest BCUT2D eigenvalue weighted by Gasteiger charge is 2.27. The van der Waals surface area contributed by atoms with Crippen LogP contribution in [0.3, 0.4) is 0 Å². The van der Waals surface area contributed by atoms with Crippen LogP contribution < -0.4 is 9.62 Å². The summed E-state index contributed by atoms with van der Waals surface area (Å²) in [6.45, 7) is 4.55. The molecule has 2 aromatic rings. The van der Waals surface area contributed by atoms with E-state index >= 15 is 0 Å². The molecule has 2 aromatic carbocycles. The van der Waals surface area contributed by atoms with Gasteiger partial charge in [0, 0.05) is 12.6 Å². The number of carbonyl (C=O) groups excluding carboxylic acids is 2. The summed E-state index contributed by atoms with van der Waals surface area (Å²) < 4.78 is 27.1. The number of rotatable bonds is 6. The van der Waals surface area contributed by atoms with Crippen LogP contribution in [-0.2, 0) is 19.6 Å². The van der Waals surface area contributed by atoms with E-state index in [1.165, 1.54) is 31.2 Å². The van der Waals surface area contributed by atoms with E-state index in [1.54, 1.807) is 12.1 Å². The summed E-state index contributed by atoms with van der Waals surface area (Å²) in [5.74, 6) is -0.259. The van der Waals surface area contributed by atoms with Gasteiger partial charge in [0.1, 0.15) is 6.54 Å². The molecule has 0 unspecified atom stereocenters. The summed E-state index contributed by atoms with van der Waals surface area (Å²) in [6, 6.07) is 11.0. The van der Waals surface area contributed by atoms with Crippen molar-refractivity contribution in [2.75, 3.05) is 16.2 Å². The molecular formula is C18H19ClN2O4S. The van der Waals surface area contributed by atoms with Crippen LogP contribution in [0, 0.1) is 13.8 Å². The van der Waals surface area contributed by atoms with Crippen molar-refractivity contribution in [3.05, 3.63) is 53.6 Å². The number of hydrogen-bond donors (Lipinski definition) is 1. The van der Waals surface area contributed by atoms with Crippen LogP contribution in [0.1, 0.15) is 18.1 Å². The Morgan fingerprint density at radius 2 is 1.58 bits per heavy atom. The van der Waals surface area contributed by atoms with Gasteiger partial charge in [0.15, 0.2) is 0 Å². The van der Waals surface area contributed by atoms with E-state index in [2.05, 4.69) is 5.32 Å². The highest BCUT2D eigenvalue weighted by atomic mass is 35.5. The topological polar surface area (TPSA) is 83.6 Å². The van der Waals surface area contributed by atoms with Crippen molar-refractivity contribution < 1.29 is 18.0 Å². The van der Waals surface area contributed by atoms with Gasteiger partial charge in [-0.15, -0.1) is 0 Å². The molecule has 0 heterocycles. The van der Waals surface area contributed by atoms with Crippen molar-refractivity contribution in [3.8, 4) is 0 Å². The number of anilines is 2. The number of sulfonamides is 1. The minimum absolute atomic E-state index is 0.0105. The SMILES string of the molecule is CC(=O)Nc1ccc(S(=O)(=O)N(CC(=O)Cl)c2cc(C)cc(C)c2)cc1. The van der Waals surface area contributed by atoms with Gasteiger partial charge in [-0.05, 0) is 73.0 Å². The quantitative estimate of drug-likeness (QED) is 0.762. The summed E-state index contributed by atoms with van der Waals surface area (Å²) in [5.41, 5.74) is 2.57. The highest BCUT2D eigenvalue weighted by molar-refractivity contribution is 7.92. The molecule has 0 aliphatic rings. The van der Waals surface area contributed by atoms with Gasteiger partial charge in [0.05, 0.1) is 10.6 Å². The fraction of sp³-hybridized carbons (Fsp3) is 0.222.